The van der Waals surface area contributed by atoms with Crippen molar-refractivity contribution in [3.8, 4) is 5.75 Å². The van der Waals surface area contributed by atoms with Crippen LogP contribution in [0.15, 0.2) is 18.2 Å². The lowest BCUT2D eigenvalue weighted by Crippen LogP contribution is -2.16. The smallest absolute Gasteiger partial charge is 0.144 e. The molecule has 0 unspecified atom stereocenters. The molecule has 19 heavy (non-hydrogen) atoms. The van der Waals surface area contributed by atoms with Crippen LogP contribution in [0.4, 0.5) is 11.4 Å². The van der Waals surface area contributed by atoms with Gasteiger partial charge in [0.25, 0.3) is 0 Å². The maximum Gasteiger partial charge on any atom is 0.144 e. The van der Waals surface area contributed by atoms with Gasteiger partial charge in [-0.15, -0.1) is 0 Å². The fourth-order valence-corrected chi connectivity index (χ4v) is 2.45. The van der Waals surface area contributed by atoms with E-state index in [4.69, 9.17) is 15.2 Å². The number of benzene rings is 1. The molecule has 0 spiro atoms. The van der Waals surface area contributed by atoms with E-state index >= 15 is 0 Å². The van der Waals surface area contributed by atoms with E-state index < -0.39 is 0 Å². The van der Waals surface area contributed by atoms with Crippen molar-refractivity contribution in [3.05, 3.63) is 18.2 Å². The van der Waals surface area contributed by atoms with Crippen molar-refractivity contribution >= 4 is 11.4 Å². The van der Waals surface area contributed by atoms with Crippen molar-refractivity contribution in [3.63, 3.8) is 0 Å². The number of rotatable bonds is 7. The first kappa shape index (κ1) is 14.0. The predicted octanol–water partition coefficient (Wildman–Crippen LogP) is 3.04. The van der Waals surface area contributed by atoms with Gasteiger partial charge < -0.3 is 20.5 Å². The van der Waals surface area contributed by atoms with E-state index in [1.165, 1.54) is 25.7 Å². The molecular formula is C15H24N2O2. The third-order valence-corrected chi connectivity index (χ3v) is 3.44. The molecular weight excluding hydrogens is 240 g/mol. The molecule has 0 aromatic heterocycles. The fraction of sp³-hybridized carbons (Fsp3) is 0.600. The third-order valence-electron chi connectivity index (χ3n) is 3.44. The number of nitrogens with two attached hydrogens (primary N) is 1. The normalized spacial score (nSPS) is 15.6. The Morgan fingerprint density at radius 2 is 2.11 bits per heavy atom. The number of anilines is 2. The monoisotopic (exact) mass is 264 g/mol. The molecule has 1 saturated carbocycles. The molecule has 0 amide bonds. The fourth-order valence-electron chi connectivity index (χ4n) is 2.45. The van der Waals surface area contributed by atoms with Gasteiger partial charge in [-0.2, -0.15) is 0 Å². The Morgan fingerprint density at radius 1 is 1.32 bits per heavy atom. The minimum Gasteiger partial charge on any atom is -0.492 e. The molecule has 0 bridgehead atoms. The highest BCUT2D eigenvalue weighted by Crippen LogP contribution is 2.29. The van der Waals surface area contributed by atoms with Crippen molar-refractivity contribution in [2.75, 3.05) is 30.8 Å². The minimum atomic E-state index is 0.467. The van der Waals surface area contributed by atoms with Crippen molar-refractivity contribution in [1.29, 1.82) is 0 Å². The molecule has 4 nitrogen and oxygen atoms in total. The van der Waals surface area contributed by atoms with E-state index in [0.717, 1.165) is 24.6 Å². The zero-order chi connectivity index (χ0) is 13.5. The molecule has 106 valence electrons. The summed E-state index contributed by atoms with van der Waals surface area (Å²) in [5, 5.41) is 3.31. The Hall–Kier alpha value is -1.42. The third kappa shape index (κ3) is 4.03. The number of para-hydroxylation sites is 1. The molecule has 1 aromatic rings. The predicted molar refractivity (Wildman–Crippen MR) is 78.7 cm³/mol. The molecule has 1 fully saturated rings. The Labute approximate surface area is 115 Å². The summed E-state index contributed by atoms with van der Waals surface area (Å²) in [7, 11) is 0. The number of nitrogen functional groups attached to an aromatic ring is 1. The van der Waals surface area contributed by atoms with Crippen molar-refractivity contribution in [2.45, 2.75) is 38.7 Å². The molecule has 1 aliphatic rings. The average Bonchev–Trinajstić information content (AvgIpc) is 2.92. The molecule has 0 saturated heterocycles. The van der Waals surface area contributed by atoms with Crippen molar-refractivity contribution in [2.24, 2.45) is 0 Å². The van der Waals surface area contributed by atoms with Gasteiger partial charge in [0.05, 0.1) is 30.7 Å². The molecule has 1 aliphatic carbocycles. The second kappa shape index (κ2) is 7.24. The van der Waals surface area contributed by atoms with Crippen LogP contribution in [0.1, 0.15) is 32.6 Å². The summed E-state index contributed by atoms with van der Waals surface area (Å²) < 4.78 is 11.3. The van der Waals surface area contributed by atoms with Gasteiger partial charge in [-0.3, -0.25) is 0 Å². The van der Waals surface area contributed by atoms with Crippen LogP contribution in [0.5, 0.6) is 5.75 Å². The van der Waals surface area contributed by atoms with E-state index in [0.29, 0.717) is 18.4 Å². The Bertz CT molecular complexity index is 390. The van der Waals surface area contributed by atoms with Gasteiger partial charge in [0.15, 0.2) is 0 Å². The number of hydrogen-bond acceptors (Lipinski definition) is 4. The topological polar surface area (TPSA) is 56.5 Å². The highest BCUT2D eigenvalue weighted by atomic mass is 16.5. The van der Waals surface area contributed by atoms with Gasteiger partial charge in [0.1, 0.15) is 5.75 Å². The lowest BCUT2D eigenvalue weighted by Gasteiger charge is -2.15. The zero-order valence-electron chi connectivity index (χ0n) is 11.7. The maximum absolute atomic E-state index is 6.05. The summed E-state index contributed by atoms with van der Waals surface area (Å²) in [6.45, 7) is 4.08. The summed E-state index contributed by atoms with van der Waals surface area (Å²) in [4.78, 5) is 0. The highest BCUT2D eigenvalue weighted by Gasteiger charge is 2.14. The average molecular weight is 264 g/mol. The molecule has 0 aliphatic heterocycles. The van der Waals surface area contributed by atoms with Crippen molar-refractivity contribution < 1.29 is 9.47 Å². The number of nitrogens with one attached hydrogen (secondary N) is 1. The van der Waals surface area contributed by atoms with E-state index in [9.17, 15) is 0 Å². The van der Waals surface area contributed by atoms with Crippen LogP contribution in [-0.4, -0.2) is 25.9 Å². The van der Waals surface area contributed by atoms with Gasteiger partial charge in [0.2, 0.25) is 0 Å². The lowest BCUT2D eigenvalue weighted by atomic mass is 10.2. The highest BCUT2D eigenvalue weighted by molar-refractivity contribution is 5.72. The molecule has 0 heterocycles. The summed E-state index contributed by atoms with van der Waals surface area (Å²) in [5.74, 6) is 0.740. The molecule has 3 N–H and O–H groups in total. The summed E-state index contributed by atoms with van der Waals surface area (Å²) in [5.41, 5.74) is 7.63. The van der Waals surface area contributed by atoms with Gasteiger partial charge in [-0.25, -0.2) is 0 Å². The quantitative estimate of drug-likeness (QED) is 0.587. The second-order valence-corrected chi connectivity index (χ2v) is 4.85. The summed E-state index contributed by atoms with van der Waals surface area (Å²) in [6, 6.07) is 5.80. The van der Waals surface area contributed by atoms with Crippen LogP contribution < -0.4 is 15.8 Å². The molecule has 4 heteroatoms. The Morgan fingerprint density at radius 3 is 2.84 bits per heavy atom. The Kier molecular flexibility index (Phi) is 5.33. The van der Waals surface area contributed by atoms with E-state index in [1.54, 1.807) is 0 Å². The lowest BCUT2D eigenvalue weighted by molar-refractivity contribution is 0.0659. The standard InChI is InChI=1S/C15H24N2O2/c1-2-18-14-9-5-8-13(15(14)16)17-10-11-19-12-6-3-4-7-12/h5,8-9,12,17H,2-4,6-7,10-11,16H2,1H3. The van der Waals surface area contributed by atoms with Gasteiger partial charge in [0, 0.05) is 6.54 Å². The zero-order valence-corrected chi connectivity index (χ0v) is 11.7. The van der Waals surface area contributed by atoms with Crippen LogP contribution in [-0.2, 0) is 4.74 Å². The maximum atomic E-state index is 6.05. The van der Waals surface area contributed by atoms with Crippen LogP contribution in [0.2, 0.25) is 0 Å². The van der Waals surface area contributed by atoms with Gasteiger partial charge in [-0.1, -0.05) is 18.9 Å². The van der Waals surface area contributed by atoms with Crippen LogP contribution in [0.25, 0.3) is 0 Å². The number of ether oxygens (including phenoxy) is 2. The van der Waals surface area contributed by atoms with Crippen LogP contribution >= 0.6 is 0 Å². The van der Waals surface area contributed by atoms with Gasteiger partial charge >= 0.3 is 0 Å². The SMILES string of the molecule is CCOc1cccc(NCCOC2CCCC2)c1N. The minimum absolute atomic E-state index is 0.467. The molecule has 0 radical (unpaired) electrons. The second-order valence-electron chi connectivity index (χ2n) is 4.85. The van der Waals surface area contributed by atoms with Crippen molar-refractivity contribution in [1.82, 2.24) is 0 Å². The van der Waals surface area contributed by atoms with Crippen LogP contribution in [0, 0.1) is 0 Å². The Balaban J connectivity index is 1.77. The largest absolute Gasteiger partial charge is 0.492 e. The molecule has 1 aromatic carbocycles. The first-order valence-corrected chi connectivity index (χ1v) is 7.18. The van der Waals surface area contributed by atoms with Gasteiger partial charge in [-0.05, 0) is 31.9 Å². The number of hydrogen-bond donors (Lipinski definition) is 2. The van der Waals surface area contributed by atoms with E-state index in [2.05, 4.69) is 5.32 Å². The molecule has 2 rings (SSSR count). The van der Waals surface area contributed by atoms with E-state index in [1.807, 2.05) is 25.1 Å². The van der Waals surface area contributed by atoms with Crippen LogP contribution in [0.3, 0.4) is 0 Å². The molecule has 0 atom stereocenters. The summed E-state index contributed by atoms with van der Waals surface area (Å²) in [6.07, 6.45) is 5.50. The summed E-state index contributed by atoms with van der Waals surface area (Å²) >= 11 is 0. The first-order chi connectivity index (χ1) is 9.31. The first-order valence-electron chi connectivity index (χ1n) is 7.18. The van der Waals surface area contributed by atoms with E-state index in [-0.39, 0.29) is 0 Å².